The van der Waals surface area contributed by atoms with Crippen LogP contribution in [0.15, 0.2) is 52.2 Å². The van der Waals surface area contributed by atoms with E-state index in [9.17, 15) is 19.5 Å². The molecule has 4 heterocycles. The van der Waals surface area contributed by atoms with Gasteiger partial charge in [0.15, 0.2) is 0 Å². The second kappa shape index (κ2) is 10.9. The van der Waals surface area contributed by atoms with E-state index in [2.05, 4.69) is 9.88 Å². The van der Waals surface area contributed by atoms with E-state index in [0.29, 0.717) is 23.6 Å². The summed E-state index contributed by atoms with van der Waals surface area (Å²) < 4.78 is 3.06. The fourth-order valence-corrected chi connectivity index (χ4v) is 8.92. The second-order valence-electron chi connectivity index (χ2n) is 13.0. The number of carboxylic acid groups (broad SMARTS) is 1. The minimum Gasteiger partial charge on any atom is -0.480 e. The van der Waals surface area contributed by atoms with Crippen molar-refractivity contribution in [3.05, 3.63) is 63.3 Å². The molecule has 0 spiro atoms. The molecule has 0 amide bonds. The maximum Gasteiger partial charge on any atom is 0.323 e. The molecule has 8 nitrogen and oxygen atoms in total. The topological polar surface area (TPSA) is 97.4 Å². The summed E-state index contributed by atoms with van der Waals surface area (Å²) >= 11 is 0. The Morgan fingerprint density at radius 3 is 2.41 bits per heavy atom. The monoisotopic (exact) mass is 556 g/mol. The lowest BCUT2D eigenvalue weighted by Gasteiger charge is -2.56. The second-order valence-corrected chi connectivity index (χ2v) is 13.0. The standard InChI is InChI=1S/C33H40N4O4/c38-30(39)20-35-16-6-11-26(32(35)40)31-33(41)37(28-13-4-3-12-27(28)34-31)25-18-23-9-5-10-24(19-25)36(23)29-17-21-7-1-2-8-22(29)15-14-21/h3-4,6,11-13,16,21-25,29H,1-2,5,7-10,14-15,17-20H2,(H,38,39). The van der Waals surface area contributed by atoms with E-state index in [4.69, 9.17) is 0 Å². The number of benzene rings is 1. The lowest BCUT2D eigenvalue weighted by molar-refractivity contribution is -0.137. The molecular weight excluding hydrogens is 516 g/mol. The van der Waals surface area contributed by atoms with E-state index in [1.165, 1.54) is 70.4 Å². The van der Waals surface area contributed by atoms with Gasteiger partial charge >= 0.3 is 5.97 Å². The third-order valence-electron chi connectivity index (χ3n) is 10.6. The number of rotatable bonds is 5. The normalized spacial score (nSPS) is 30.1. The molecular formula is C33H40N4O4. The lowest BCUT2D eigenvalue weighted by atomic mass is 9.69. The summed E-state index contributed by atoms with van der Waals surface area (Å²) in [4.78, 5) is 46.5. The third kappa shape index (κ3) is 4.84. The number of fused-ring (bicyclic) bond motifs is 9. The molecule has 3 aliphatic carbocycles. The Morgan fingerprint density at radius 2 is 1.61 bits per heavy atom. The van der Waals surface area contributed by atoms with E-state index in [1.54, 1.807) is 12.1 Å². The molecule has 2 saturated heterocycles. The van der Waals surface area contributed by atoms with Gasteiger partial charge in [0, 0.05) is 30.4 Å². The van der Waals surface area contributed by atoms with Gasteiger partial charge in [-0.15, -0.1) is 0 Å². The zero-order valence-corrected chi connectivity index (χ0v) is 23.7. The molecule has 3 saturated carbocycles. The molecule has 41 heavy (non-hydrogen) atoms. The van der Waals surface area contributed by atoms with Crippen LogP contribution in [0.3, 0.4) is 0 Å². The van der Waals surface area contributed by atoms with Crippen LogP contribution < -0.4 is 11.1 Å². The van der Waals surface area contributed by atoms with Crippen molar-refractivity contribution in [1.29, 1.82) is 0 Å². The molecule has 1 N–H and O–H groups in total. The van der Waals surface area contributed by atoms with Gasteiger partial charge in [-0.2, -0.15) is 0 Å². The number of hydrogen-bond acceptors (Lipinski definition) is 5. The number of carbonyl (C=O) groups is 1. The summed E-state index contributed by atoms with van der Waals surface area (Å²) in [5.41, 5.74) is 0.993. The van der Waals surface area contributed by atoms with Crippen LogP contribution in [0.25, 0.3) is 22.3 Å². The smallest absolute Gasteiger partial charge is 0.323 e. The van der Waals surface area contributed by atoms with Crippen LogP contribution in [-0.4, -0.2) is 48.2 Å². The molecule has 5 unspecified atom stereocenters. The molecule has 0 radical (unpaired) electrons. The first-order valence-electron chi connectivity index (χ1n) is 15.7. The van der Waals surface area contributed by atoms with Crippen molar-refractivity contribution < 1.29 is 9.90 Å². The van der Waals surface area contributed by atoms with Gasteiger partial charge in [0.25, 0.3) is 11.1 Å². The van der Waals surface area contributed by atoms with Crippen LogP contribution in [0.4, 0.5) is 0 Å². The molecule has 2 aromatic heterocycles. The fourth-order valence-electron chi connectivity index (χ4n) is 8.92. The average molecular weight is 557 g/mol. The number of aromatic nitrogens is 3. The quantitative estimate of drug-likeness (QED) is 0.462. The van der Waals surface area contributed by atoms with Gasteiger partial charge < -0.3 is 14.2 Å². The first-order chi connectivity index (χ1) is 20.0. The van der Waals surface area contributed by atoms with Crippen molar-refractivity contribution in [1.82, 2.24) is 19.0 Å². The van der Waals surface area contributed by atoms with Gasteiger partial charge in [-0.05, 0) is 81.0 Å². The highest BCUT2D eigenvalue weighted by Gasteiger charge is 2.46. The Bertz CT molecular complexity index is 1560. The minimum absolute atomic E-state index is 0.0383. The molecule has 8 rings (SSSR count). The van der Waals surface area contributed by atoms with Crippen molar-refractivity contribution in [2.24, 2.45) is 11.8 Å². The molecule has 216 valence electrons. The number of pyridine rings is 1. The largest absolute Gasteiger partial charge is 0.480 e. The Balaban J connectivity index is 1.28. The van der Waals surface area contributed by atoms with Crippen molar-refractivity contribution >= 4 is 17.0 Å². The first kappa shape index (κ1) is 26.6. The summed E-state index contributed by atoms with van der Waals surface area (Å²) in [6.45, 7) is -0.459. The first-order valence-corrected chi connectivity index (χ1v) is 15.7. The molecule has 3 aromatic rings. The molecule has 4 bridgehead atoms. The van der Waals surface area contributed by atoms with E-state index < -0.39 is 18.1 Å². The number of carboxylic acids is 1. The zero-order chi connectivity index (χ0) is 28.1. The van der Waals surface area contributed by atoms with Crippen LogP contribution in [0.1, 0.15) is 83.1 Å². The fraction of sp³-hybridized carbons (Fsp3) is 0.576. The number of para-hydroxylation sites is 2. The van der Waals surface area contributed by atoms with Gasteiger partial charge in [-0.3, -0.25) is 19.3 Å². The van der Waals surface area contributed by atoms with Gasteiger partial charge in [0.05, 0.1) is 16.6 Å². The van der Waals surface area contributed by atoms with Crippen molar-refractivity contribution in [3.8, 4) is 11.3 Å². The van der Waals surface area contributed by atoms with Crippen LogP contribution in [0, 0.1) is 11.8 Å². The van der Waals surface area contributed by atoms with E-state index in [-0.39, 0.29) is 22.9 Å². The van der Waals surface area contributed by atoms with Crippen LogP contribution in [0.2, 0.25) is 0 Å². The maximum atomic E-state index is 14.3. The van der Waals surface area contributed by atoms with E-state index in [0.717, 1.165) is 34.8 Å². The lowest BCUT2D eigenvalue weighted by Crippen LogP contribution is -2.60. The summed E-state index contributed by atoms with van der Waals surface area (Å²) in [5, 5.41) is 9.28. The van der Waals surface area contributed by atoms with Crippen LogP contribution >= 0.6 is 0 Å². The number of nitrogens with zero attached hydrogens (tertiary/aromatic N) is 4. The maximum absolute atomic E-state index is 14.3. The summed E-state index contributed by atoms with van der Waals surface area (Å²) in [7, 11) is 0. The zero-order valence-electron chi connectivity index (χ0n) is 23.7. The van der Waals surface area contributed by atoms with Crippen molar-refractivity contribution in [2.45, 2.75) is 108 Å². The highest BCUT2D eigenvalue weighted by atomic mass is 16.4. The van der Waals surface area contributed by atoms with Crippen LogP contribution in [0.5, 0.6) is 0 Å². The van der Waals surface area contributed by atoms with Gasteiger partial charge in [-0.1, -0.05) is 44.2 Å². The highest BCUT2D eigenvalue weighted by Crippen LogP contribution is 2.47. The predicted molar refractivity (Wildman–Crippen MR) is 158 cm³/mol. The SMILES string of the molecule is O=C(O)Cn1cccc(-c2nc3ccccc3n(C3CC4CCCC(C3)N4C3CC4CCCCC3CC4)c2=O)c1=O. The third-order valence-corrected chi connectivity index (χ3v) is 10.6. The summed E-state index contributed by atoms with van der Waals surface area (Å²) in [6.07, 6.45) is 16.6. The number of piperidine rings is 2. The molecule has 5 atom stereocenters. The van der Waals surface area contributed by atoms with E-state index in [1.807, 2.05) is 28.8 Å². The van der Waals surface area contributed by atoms with E-state index >= 15 is 0 Å². The molecule has 5 fully saturated rings. The van der Waals surface area contributed by atoms with Gasteiger partial charge in [0.1, 0.15) is 12.2 Å². The Morgan fingerprint density at radius 1 is 0.829 bits per heavy atom. The van der Waals surface area contributed by atoms with Crippen LogP contribution in [-0.2, 0) is 11.3 Å². The Hall–Kier alpha value is -3.26. The molecule has 2 aliphatic heterocycles. The molecule has 5 aliphatic rings. The Kier molecular flexibility index (Phi) is 7.05. The van der Waals surface area contributed by atoms with Crippen molar-refractivity contribution in [3.63, 3.8) is 0 Å². The Labute approximate surface area is 240 Å². The van der Waals surface area contributed by atoms with Gasteiger partial charge in [0.2, 0.25) is 0 Å². The summed E-state index contributed by atoms with van der Waals surface area (Å²) in [6, 6.07) is 12.6. The minimum atomic E-state index is -1.11. The number of aliphatic carboxylic acids is 1. The van der Waals surface area contributed by atoms with Gasteiger partial charge in [-0.25, -0.2) is 4.98 Å². The summed E-state index contributed by atoms with van der Waals surface area (Å²) in [5.74, 6) is 0.581. The average Bonchev–Trinajstić information content (AvgIpc) is 2.93. The molecule has 8 heteroatoms. The van der Waals surface area contributed by atoms with Crippen molar-refractivity contribution in [2.75, 3.05) is 0 Å². The number of hydrogen-bond donors (Lipinski definition) is 1. The molecule has 1 aromatic carbocycles. The predicted octanol–water partition coefficient (Wildman–Crippen LogP) is 5.23. The highest BCUT2D eigenvalue weighted by molar-refractivity contribution is 5.78.